The Hall–Kier alpha value is -1.62. The van der Waals surface area contributed by atoms with Crippen molar-refractivity contribution in [2.45, 2.75) is 109 Å². The van der Waals surface area contributed by atoms with Gasteiger partial charge in [-0.1, -0.05) is 107 Å². The molecule has 1 aromatic carbocycles. The highest BCUT2D eigenvalue weighted by atomic mass is 28.3. The van der Waals surface area contributed by atoms with E-state index in [1.54, 1.807) is 6.92 Å². The molecule has 2 rings (SSSR count). The van der Waals surface area contributed by atoms with Gasteiger partial charge in [0, 0.05) is 2.74 Å². The van der Waals surface area contributed by atoms with Gasteiger partial charge in [0.25, 0.3) is 0 Å². The number of hydrogen-bond donors (Lipinski definition) is 0. The van der Waals surface area contributed by atoms with Gasteiger partial charge >= 0.3 is 11.9 Å². The summed E-state index contributed by atoms with van der Waals surface area (Å²) in [6, 6.07) is 9.76. The molecule has 0 amide bonds. The first-order valence-electron chi connectivity index (χ1n) is 13.6. The molecule has 0 unspecified atom stereocenters. The number of cyclic esters (lactones) is 1. The van der Waals surface area contributed by atoms with Crippen molar-refractivity contribution < 1.29 is 21.8 Å². The molecule has 4 nitrogen and oxygen atoms in total. The average molecular weight is 463 g/mol. The summed E-state index contributed by atoms with van der Waals surface area (Å²) < 4.78 is 29.1. The fourth-order valence-corrected chi connectivity index (χ4v) is 7.72. The van der Waals surface area contributed by atoms with Gasteiger partial charge in [0.1, 0.15) is 6.10 Å². The van der Waals surface area contributed by atoms with E-state index in [1.807, 2.05) is 43.4 Å². The Morgan fingerprint density at radius 1 is 1.03 bits per heavy atom. The maximum atomic E-state index is 13.1. The van der Waals surface area contributed by atoms with E-state index in [4.69, 9.17) is 12.2 Å². The first-order chi connectivity index (χ1) is 16.2. The van der Waals surface area contributed by atoms with E-state index in [-0.39, 0.29) is 6.61 Å². The number of carbonyl (C=O) groups is 2. The van der Waals surface area contributed by atoms with Crippen LogP contribution in [0.5, 0.6) is 0 Å². The van der Waals surface area contributed by atoms with E-state index in [2.05, 4.69) is 6.92 Å². The lowest BCUT2D eigenvalue weighted by atomic mass is 9.94. The molecule has 1 heterocycles. The lowest BCUT2D eigenvalue weighted by molar-refractivity contribution is -0.171. The van der Waals surface area contributed by atoms with Crippen molar-refractivity contribution in [2.24, 2.45) is 5.92 Å². The summed E-state index contributed by atoms with van der Waals surface area (Å²) in [5.74, 6) is -2.52. The minimum Gasteiger partial charge on any atom is -0.465 e. The van der Waals surface area contributed by atoms with Crippen molar-refractivity contribution in [3.05, 3.63) is 30.3 Å². The number of ether oxygens (including phenoxy) is 2. The summed E-state index contributed by atoms with van der Waals surface area (Å²) in [5, 5.41) is 1.02. The predicted octanol–water partition coefficient (Wildman–Crippen LogP) is 6.39. The highest BCUT2D eigenvalue weighted by molar-refractivity contribution is 6.91. The van der Waals surface area contributed by atoms with E-state index < -0.39 is 43.9 Å². The summed E-state index contributed by atoms with van der Waals surface area (Å²) in [5.41, 5.74) is -0.758. The number of benzene rings is 1. The molecule has 1 fully saturated rings. The van der Waals surface area contributed by atoms with Crippen molar-refractivity contribution in [3.63, 3.8) is 0 Å². The second-order valence-electron chi connectivity index (χ2n) is 9.50. The Kier molecular flexibility index (Phi) is 10.2. The summed E-state index contributed by atoms with van der Waals surface area (Å²) in [7, 11) is -2.61. The fourth-order valence-electron chi connectivity index (χ4n) is 4.60. The minimum absolute atomic E-state index is 0.146. The lowest BCUT2D eigenvalue weighted by Gasteiger charge is -2.42. The Bertz CT molecular complexity index is 769. The largest absolute Gasteiger partial charge is 0.465 e. The van der Waals surface area contributed by atoms with E-state index in [0.29, 0.717) is 6.42 Å². The van der Waals surface area contributed by atoms with Crippen molar-refractivity contribution >= 4 is 25.2 Å². The molecule has 180 valence electrons. The monoisotopic (exact) mass is 462 g/mol. The first-order valence-corrected chi connectivity index (χ1v) is 15.7. The Labute approximate surface area is 199 Å². The highest BCUT2D eigenvalue weighted by Gasteiger charge is 2.51. The number of unbranched alkanes of at least 4 members (excludes halogenated alkanes) is 8. The Morgan fingerprint density at radius 2 is 1.62 bits per heavy atom. The quantitative estimate of drug-likeness (QED) is 0.139. The highest BCUT2D eigenvalue weighted by Crippen LogP contribution is 2.41. The van der Waals surface area contributed by atoms with Crippen LogP contribution in [0.1, 0.15) is 87.2 Å². The third-order valence-corrected chi connectivity index (χ3v) is 10.5. The average Bonchev–Trinajstić information content (AvgIpc) is 2.80. The Morgan fingerprint density at radius 3 is 2.22 bits per heavy atom. The van der Waals surface area contributed by atoms with Crippen LogP contribution in [0.3, 0.4) is 0 Å². The number of carbonyl (C=O) groups excluding carboxylic acids is 2. The second kappa shape index (κ2) is 13.8. The van der Waals surface area contributed by atoms with E-state index in [9.17, 15) is 9.59 Å². The van der Waals surface area contributed by atoms with Crippen molar-refractivity contribution in [3.8, 4) is 0 Å². The van der Waals surface area contributed by atoms with Crippen LogP contribution in [0.2, 0.25) is 18.6 Å². The summed E-state index contributed by atoms with van der Waals surface area (Å²) in [4.78, 5) is 25.9. The molecule has 0 bridgehead atoms. The smallest absolute Gasteiger partial charge is 0.320 e. The van der Waals surface area contributed by atoms with E-state index in [0.717, 1.165) is 24.4 Å². The molecule has 1 saturated heterocycles. The number of hydrogen-bond acceptors (Lipinski definition) is 4. The molecular weight excluding hydrogens is 416 g/mol. The summed E-state index contributed by atoms with van der Waals surface area (Å²) in [6.45, 7) is 8.16. The Balaban J connectivity index is 2.13. The van der Waals surface area contributed by atoms with Gasteiger partial charge in [-0.3, -0.25) is 9.59 Å². The normalized spacial score (nSPS) is 23.8. The van der Waals surface area contributed by atoms with Gasteiger partial charge in [-0.2, -0.15) is 0 Å². The standard InChI is InChI=1S/C27H44O4Si/c1-5-7-8-9-10-11-12-13-15-18-22-21-24(25(27(29)31-22)26(28)30-6-2)32(3,4)23-19-16-14-17-20-23/h14,16-17,19-20,22,24-25H,5-13,15,18,21H2,1-4H3/t22-,24-,25-/m0/s1/i21D2. The molecule has 5 heteroatoms. The van der Waals surface area contributed by atoms with Crippen LogP contribution in [0, 0.1) is 5.92 Å². The van der Waals surface area contributed by atoms with Crippen LogP contribution in [-0.2, 0) is 19.1 Å². The van der Waals surface area contributed by atoms with Crippen LogP contribution in [0.25, 0.3) is 0 Å². The molecule has 0 N–H and O–H groups in total. The van der Waals surface area contributed by atoms with Gasteiger partial charge in [-0.25, -0.2) is 0 Å². The molecule has 0 aliphatic carbocycles. The molecule has 0 aromatic heterocycles. The third kappa shape index (κ3) is 7.75. The molecule has 1 aliphatic rings. The van der Waals surface area contributed by atoms with Crippen molar-refractivity contribution in [1.82, 2.24) is 0 Å². The topological polar surface area (TPSA) is 52.6 Å². The van der Waals surface area contributed by atoms with Crippen LogP contribution in [0.15, 0.2) is 30.3 Å². The van der Waals surface area contributed by atoms with Gasteiger partial charge in [0.2, 0.25) is 0 Å². The molecule has 32 heavy (non-hydrogen) atoms. The fraction of sp³-hybridized carbons (Fsp3) is 0.704. The van der Waals surface area contributed by atoms with Gasteiger partial charge in [0.15, 0.2) is 5.92 Å². The zero-order valence-corrected chi connectivity index (χ0v) is 21.5. The van der Waals surface area contributed by atoms with Gasteiger partial charge in [0.05, 0.1) is 14.7 Å². The van der Waals surface area contributed by atoms with Crippen molar-refractivity contribution in [2.75, 3.05) is 6.61 Å². The maximum absolute atomic E-state index is 13.1. The lowest BCUT2D eigenvalue weighted by Crippen LogP contribution is -2.55. The zero-order valence-electron chi connectivity index (χ0n) is 22.5. The second-order valence-corrected chi connectivity index (χ2v) is 14.1. The molecule has 0 radical (unpaired) electrons. The minimum atomic E-state index is -2.61. The van der Waals surface area contributed by atoms with Crippen LogP contribution in [0.4, 0.5) is 0 Å². The molecule has 0 saturated carbocycles. The van der Waals surface area contributed by atoms with Gasteiger partial charge < -0.3 is 9.47 Å². The maximum Gasteiger partial charge on any atom is 0.320 e. The SMILES string of the molecule is [2H]C1([2H])[C@H](CCCCCCCCCCC)OC(=O)[C@H](C(=O)OCC)[C@H]1[Si](C)(C)c1ccccc1. The molecule has 1 aromatic rings. The molecular formula is C27H44O4Si. The van der Waals surface area contributed by atoms with Gasteiger partial charge in [-0.05, 0) is 31.7 Å². The van der Waals surface area contributed by atoms with E-state index in [1.165, 1.54) is 38.5 Å². The van der Waals surface area contributed by atoms with Crippen LogP contribution < -0.4 is 5.19 Å². The predicted molar refractivity (Wildman–Crippen MR) is 134 cm³/mol. The van der Waals surface area contributed by atoms with Gasteiger partial charge in [-0.15, -0.1) is 0 Å². The zero-order chi connectivity index (χ0) is 25.2. The molecule has 3 atom stereocenters. The summed E-state index contributed by atoms with van der Waals surface area (Å²) >= 11 is 0. The van der Waals surface area contributed by atoms with Crippen LogP contribution >= 0.6 is 0 Å². The van der Waals surface area contributed by atoms with E-state index >= 15 is 0 Å². The molecule has 0 spiro atoms. The number of rotatable bonds is 14. The number of esters is 2. The summed E-state index contributed by atoms with van der Waals surface area (Å²) in [6.07, 6.45) is 8.37. The third-order valence-electron chi connectivity index (χ3n) is 6.62. The molecule has 1 aliphatic heterocycles. The first kappa shape index (κ1) is 23.5. The van der Waals surface area contributed by atoms with Crippen molar-refractivity contribution in [1.29, 1.82) is 0 Å². The van der Waals surface area contributed by atoms with Crippen LogP contribution in [-0.4, -0.2) is 32.7 Å².